The molecule has 3 aromatic carbocycles. The van der Waals surface area contributed by atoms with Crippen LogP contribution in [0.5, 0.6) is 0 Å². The third kappa shape index (κ3) is 4.47. The number of nitrogens with zero attached hydrogens (tertiary/aromatic N) is 2. The molecule has 4 heteroatoms. The van der Waals surface area contributed by atoms with Crippen LogP contribution in [0.2, 0.25) is 0 Å². The summed E-state index contributed by atoms with van der Waals surface area (Å²) in [5.41, 5.74) is 3.21. The number of carbonyl (C=O) groups excluding carboxylic acids is 1. The third-order valence-corrected chi connectivity index (χ3v) is 4.97. The zero-order valence-corrected chi connectivity index (χ0v) is 16.4. The summed E-state index contributed by atoms with van der Waals surface area (Å²) < 4.78 is 0. The lowest BCUT2D eigenvalue weighted by Gasteiger charge is -2.24. The molecule has 1 atom stereocenters. The second-order valence-electron chi connectivity index (χ2n) is 7.17. The summed E-state index contributed by atoms with van der Waals surface area (Å²) in [5, 5.41) is 5.27. The second kappa shape index (κ2) is 8.23. The van der Waals surface area contributed by atoms with Gasteiger partial charge in [-0.1, -0.05) is 48.5 Å². The average Bonchev–Trinajstić information content (AvgIpc) is 2.68. The van der Waals surface area contributed by atoms with E-state index < -0.39 is 0 Å². The first-order valence-corrected chi connectivity index (χ1v) is 9.21. The van der Waals surface area contributed by atoms with E-state index >= 15 is 0 Å². The molecule has 140 valence electrons. The Morgan fingerprint density at radius 1 is 0.926 bits per heavy atom. The second-order valence-corrected chi connectivity index (χ2v) is 7.17. The van der Waals surface area contributed by atoms with E-state index in [0.29, 0.717) is 0 Å². The summed E-state index contributed by atoms with van der Waals surface area (Å²) >= 11 is 0. The number of likely N-dealkylation sites (N-methyl/N-ethyl adjacent to an activating group) is 1. The van der Waals surface area contributed by atoms with Crippen molar-refractivity contribution in [2.24, 2.45) is 0 Å². The molecule has 0 saturated heterocycles. The largest absolute Gasteiger partial charge is 0.378 e. The Morgan fingerprint density at radius 2 is 1.59 bits per heavy atom. The lowest BCUT2D eigenvalue weighted by molar-refractivity contribution is -0.120. The maximum atomic E-state index is 12.8. The van der Waals surface area contributed by atoms with Gasteiger partial charge in [-0.15, -0.1) is 0 Å². The van der Waals surface area contributed by atoms with Crippen molar-refractivity contribution in [3.8, 4) is 0 Å². The molecule has 3 rings (SSSR count). The molecule has 0 aliphatic heterocycles. The Hall–Kier alpha value is -2.85. The number of hydrogen-bond acceptors (Lipinski definition) is 3. The van der Waals surface area contributed by atoms with E-state index in [-0.39, 0.29) is 11.9 Å². The molecule has 4 nitrogen and oxygen atoms in total. The van der Waals surface area contributed by atoms with Gasteiger partial charge in [-0.25, -0.2) is 0 Å². The first-order valence-electron chi connectivity index (χ1n) is 9.21. The van der Waals surface area contributed by atoms with Crippen LogP contribution in [0.1, 0.15) is 12.5 Å². The highest BCUT2D eigenvalue weighted by Gasteiger charge is 2.19. The Morgan fingerprint density at radius 3 is 2.30 bits per heavy atom. The normalized spacial score (nSPS) is 12.2. The van der Waals surface area contributed by atoms with Crippen molar-refractivity contribution >= 4 is 28.1 Å². The minimum atomic E-state index is -0.238. The van der Waals surface area contributed by atoms with Crippen LogP contribution in [-0.2, 0) is 11.3 Å². The van der Waals surface area contributed by atoms with E-state index in [1.807, 2.05) is 58.4 Å². The van der Waals surface area contributed by atoms with Gasteiger partial charge in [0.15, 0.2) is 0 Å². The minimum Gasteiger partial charge on any atom is -0.378 e. The van der Waals surface area contributed by atoms with E-state index in [9.17, 15) is 4.79 Å². The van der Waals surface area contributed by atoms with E-state index in [0.717, 1.165) is 23.0 Å². The van der Waals surface area contributed by atoms with Crippen molar-refractivity contribution in [2.75, 3.05) is 31.4 Å². The van der Waals surface area contributed by atoms with Crippen LogP contribution in [0.15, 0.2) is 66.7 Å². The molecule has 0 aliphatic carbocycles. The molecule has 0 fully saturated rings. The summed E-state index contributed by atoms with van der Waals surface area (Å²) in [4.78, 5) is 16.9. The monoisotopic (exact) mass is 361 g/mol. The van der Waals surface area contributed by atoms with Crippen LogP contribution in [0.4, 0.5) is 11.4 Å². The van der Waals surface area contributed by atoms with Crippen molar-refractivity contribution in [2.45, 2.75) is 19.5 Å². The van der Waals surface area contributed by atoms with E-state index in [4.69, 9.17) is 0 Å². The zero-order chi connectivity index (χ0) is 19.4. The zero-order valence-electron chi connectivity index (χ0n) is 16.4. The van der Waals surface area contributed by atoms with E-state index in [1.165, 1.54) is 11.3 Å². The molecule has 0 unspecified atom stereocenters. The first-order chi connectivity index (χ1) is 13.0. The Bertz CT molecular complexity index is 913. The quantitative estimate of drug-likeness (QED) is 0.708. The van der Waals surface area contributed by atoms with Gasteiger partial charge in [0, 0.05) is 37.4 Å². The van der Waals surface area contributed by atoms with Crippen LogP contribution in [0.25, 0.3) is 10.8 Å². The van der Waals surface area contributed by atoms with Crippen LogP contribution >= 0.6 is 0 Å². The molecular weight excluding hydrogens is 334 g/mol. The van der Waals surface area contributed by atoms with E-state index in [2.05, 4.69) is 51.5 Å². The predicted octanol–water partition coefficient (Wildman–Crippen LogP) is 4.36. The summed E-state index contributed by atoms with van der Waals surface area (Å²) in [6.07, 6.45) is 0. The fourth-order valence-corrected chi connectivity index (χ4v) is 3.10. The van der Waals surface area contributed by atoms with Crippen molar-refractivity contribution in [3.05, 3.63) is 72.3 Å². The molecule has 0 aliphatic rings. The number of amides is 1. The van der Waals surface area contributed by atoms with Crippen molar-refractivity contribution in [1.29, 1.82) is 0 Å². The van der Waals surface area contributed by atoms with E-state index in [1.54, 1.807) is 0 Å². The van der Waals surface area contributed by atoms with Gasteiger partial charge >= 0.3 is 0 Å². The number of rotatable bonds is 6. The van der Waals surface area contributed by atoms with Crippen molar-refractivity contribution in [1.82, 2.24) is 4.90 Å². The third-order valence-electron chi connectivity index (χ3n) is 4.97. The van der Waals surface area contributed by atoms with Crippen LogP contribution < -0.4 is 10.2 Å². The summed E-state index contributed by atoms with van der Waals surface area (Å²) in [6, 6.07) is 22.2. The number of carbonyl (C=O) groups is 1. The van der Waals surface area contributed by atoms with Gasteiger partial charge in [0.2, 0.25) is 5.91 Å². The molecule has 0 bridgehead atoms. The highest BCUT2D eigenvalue weighted by molar-refractivity contribution is 6.03. The van der Waals surface area contributed by atoms with Crippen LogP contribution in [-0.4, -0.2) is 38.0 Å². The van der Waals surface area contributed by atoms with Crippen LogP contribution in [0.3, 0.4) is 0 Å². The van der Waals surface area contributed by atoms with Crippen LogP contribution in [0, 0.1) is 0 Å². The van der Waals surface area contributed by atoms with Gasteiger partial charge < -0.3 is 10.2 Å². The maximum Gasteiger partial charge on any atom is 0.241 e. The topological polar surface area (TPSA) is 35.6 Å². The molecule has 0 radical (unpaired) electrons. The molecule has 1 N–H and O–H groups in total. The SMILES string of the molecule is C[C@@H](C(=O)Nc1cccc2ccccc12)N(C)Cc1ccc(N(C)C)cc1. The molecule has 27 heavy (non-hydrogen) atoms. The molecule has 0 aromatic heterocycles. The van der Waals surface area contributed by atoms with Gasteiger partial charge in [-0.3, -0.25) is 9.69 Å². The fraction of sp³-hybridized carbons (Fsp3) is 0.261. The van der Waals surface area contributed by atoms with Gasteiger partial charge in [0.05, 0.1) is 6.04 Å². The van der Waals surface area contributed by atoms with Crippen molar-refractivity contribution < 1.29 is 4.79 Å². The Labute approximate surface area is 161 Å². The predicted molar refractivity (Wildman–Crippen MR) is 114 cm³/mol. The fourth-order valence-electron chi connectivity index (χ4n) is 3.10. The highest BCUT2D eigenvalue weighted by atomic mass is 16.2. The summed E-state index contributed by atoms with van der Waals surface area (Å²) in [5.74, 6) is -0.00114. The molecule has 3 aromatic rings. The van der Waals surface area contributed by atoms with Gasteiger partial charge in [-0.2, -0.15) is 0 Å². The first kappa shape index (κ1) is 18.9. The van der Waals surface area contributed by atoms with Gasteiger partial charge in [0.1, 0.15) is 0 Å². The average molecular weight is 361 g/mol. The minimum absolute atomic E-state index is 0.00114. The van der Waals surface area contributed by atoms with Gasteiger partial charge in [0.25, 0.3) is 0 Å². The molecule has 0 heterocycles. The summed E-state index contributed by atoms with van der Waals surface area (Å²) in [6.45, 7) is 2.66. The number of hydrogen-bond donors (Lipinski definition) is 1. The maximum absolute atomic E-state index is 12.8. The Kier molecular flexibility index (Phi) is 5.77. The lowest BCUT2D eigenvalue weighted by Crippen LogP contribution is -2.39. The number of fused-ring (bicyclic) bond motifs is 1. The number of benzene rings is 3. The molecule has 0 saturated carbocycles. The standard InChI is InChI=1S/C23H27N3O/c1-17(26(4)16-18-12-14-20(15-13-18)25(2)3)23(27)24-22-11-7-9-19-8-5-6-10-21(19)22/h5-15,17H,16H2,1-4H3,(H,24,27)/t17-/m0/s1. The number of nitrogens with one attached hydrogen (secondary N) is 1. The molecular formula is C23H27N3O. The van der Waals surface area contributed by atoms with Gasteiger partial charge in [-0.05, 0) is 43.1 Å². The lowest BCUT2D eigenvalue weighted by atomic mass is 10.1. The smallest absolute Gasteiger partial charge is 0.241 e. The number of anilines is 2. The Balaban J connectivity index is 1.67. The molecule has 0 spiro atoms. The highest BCUT2D eigenvalue weighted by Crippen LogP contribution is 2.23. The van der Waals surface area contributed by atoms with Crippen molar-refractivity contribution in [3.63, 3.8) is 0 Å². The molecule has 1 amide bonds. The summed E-state index contributed by atoms with van der Waals surface area (Å²) in [7, 11) is 6.04.